The smallest absolute Gasteiger partial charge is 0.120 e. The Morgan fingerprint density at radius 2 is 1.81 bits per heavy atom. The number of halogens is 2. The first-order chi connectivity index (χ1) is 12.3. The van der Waals surface area contributed by atoms with Gasteiger partial charge in [-0.2, -0.15) is 0 Å². The molecule has 0 atom stereocenters. The van der Waals surface area contributed by atoms with E-state index in [1.165, 1.54) is 12.0 Å². The van der Waals surface area contributed by atoms with Crippen molar-refractivity contribution in [3.63, 3.8) is 0 Å². The second kappa shape index (κ2) is 13.9. The standard InChI is InChI=1S/C21H28ClNO2.ClH/c1-2-3-13-24-14-7-12-23-16-18-8-6-10-20(15-18)25-17-19-9-4-5-11-21(19)22;/h4-6,8-11,15,23H,2-3,7,12-14,16-17H2,1H3;1H. The maximum absolute atomic E-state index is 6.16. The van der Waals surface area contributed by atoms with Gasteiger partial charge in [-0.05, 0) is 43.1 Å². The highest BCUT2D eigenvalue weighted by atomic mass is 35.5. The van der Waals surface area contributed by atoms with Crippen LogP contribution >= 0.6 is 24.0 Å². The Morgan fingerprint density at radius 1 is 1.00 bits per heavy atom. The first-order valence-electron chi connectivity index (χ1n) is 9.03. The molecule has 1 N–H and O–H groups in total. The third-order valence-corrected chi connectivity index (χ3v) is 4.23. The van der Waals surface area contributed by atoms with Gasteiger partial charge in [-0.15, -0.1) is 12.4 Å². The summed E-state index contributed by atoms with van der Waals surface area (Å²) in [6, 6.07) is 15.9. The van der Waals surface area contributed by atoms with Crippen LogP contribution in [-0.2, 0) is 17.9 Å². The van der Waals surface area contributed by atoms with Gasteiger partial charge in [0.2, 0.25) is 0 Å². The predicted molar refractivity (Wildman–Crippen MR) is 112 cm³/mol. The zero-order valence-corrected chi connectivity index (χ0v) is 17.0. The lowest BCUT2D eigenvalue weighted by molar-refractivity contribution is 0.129. The number of ether oxygens (including phenoxy) is 2. The van der Waals surface area contributed by atoms with Gasteiger partial charge in [0.25, 0.3) is 0 Å². The van der Waals surface area contributed by atoms with Crippen molar-refractivity contribution in [2.75, 3.05) is 19.8 Å². The molecule has 5 heteroatoms. The molecule has 0 bridgehead atoms. The highest BCUT2D eigenvalue weighted by Crippen LogP contribution is 2.19. The van der Waals surface area contributed by atoms with Gasteiger partial charge < -0.3 is 14.8 Å². The molecule has 0 aromatic heterocycles. The van der Waals surface area contributed by atoms with Crippen molar-refractivity contribution in [3.8, 4) is 5.75 Å². The number of unbranched alkanes of at least 4 members (excludes halogenated alkanes) is 1. The van der Waals surface area contributed by atoms with Crippen LogP contribution in [0.15, 0.2) is 48.5 Å². The molecule has 0 spiro atoms. The number of benzene rings is 2. The Balaban J connectivity index is 0.00000338. The van der Waals surface area contributed by atoms with Crippen LogP contribution in [0.4, 0.5) is 0 Å². The van der Waals surface area contributed by atoms with Gasteiger partial charge in [0.1, 0.15) is 12.4 Å². The molecule has 0 heterocycles. The fraction of sp³-hybridized carbons (Fsp3) is 0.429. The summed E-state index contributed by atoms with van der Waals surface area (Å²) in [5.74, 6) is 0.863. The van der Waals surface area contributed by atoms with E-state index >= 15 is 0 Å². The molecule has 0 unspecified atom stereocenters. The van der Waals surface area contributed by atoms with E-state index in [0.717, 1.165) is 55.5 Å². The molecule has 0 saturated heterocycles. The molecule has 0 saturated carbocycles. The van der Waals surface area contributed by atoms with Crippen LogP contribution in [0, 0.1) is 0 Å². The van der Waals surface area contributed by atoms with E-state index < -0.39 is 0 Å². The van der Waals surface area contributed by atoms with Crippen LogP contribution in [0.1, 0.15) is 37.3 Å². The summed E-state index contributed by atoms with van der Waals surface area (Å²) in [6.45, 7) is 6.15. The van der Waals surface area contributed by atoms with E-state index in [0.29, 0.717) is 6.61 Å². The van der Waals surface area contributed by atoms with Crippen molar-refractivity contribution >= 4 is 24.0 Å². The molecule has 0 fully saturated rings. The van der Waals surface area contributed by atoms with Crippen LogP contribution in [0.3, 0.4) is 0 Å². The topological polar surface area (TPSA) is 30.5 Å². The maximum atomic E-state index is 6.16. The van der Waals surface area contributed by atoms with E-state index in [-0.39, 0.29) is 12.4 Å². The summed E-state index contributed by atoms with van der Waals surface area (Å²) >= 11 is 6.16. The Hall–Kier alpha value is -1.26. The van der Waals surface area contributed by atoms with Crippen molar-refractivity contribution in [1.29, 1.82) is 0 Å². The third-order valence-electron chi connectivity index (χ3n) is 3.86. The summed E-state index contributed by atoms with van der Waals surface area (Å²) in [7, 11) is 0. The van der Waals surface area contributed by atoms with Gasteiger partial charge in [0, 0.05) is 30.3 Å². The molecule has 0 aliphatic heterocycles. The SMILES string of the molecule is CCCCOCCCNCc1cccc(OCc2ccccc2Cl)c1.Cl. The van der Waals surface area contributed by atoms with E-state index in [1.54, 1.807) is 0 Å². The fourth-order valence-corrected chi connectivity index (χ4v) is 2.59. The highest BCUT2D eigenvalue weighted by molar-refractivity contribution is 6.31. The summed E-state index contributed by atoms with van der Waals surface area (Å²) in [5.41, 5.74) is 2.21. The lowest BCUT2D eigenvalue weighted by Gasteiger charge is -2.10. The minimum absolute atomic E-state index is 0. The monoisotopic (exact) mass is 397 g/mol. The Morgan fingerprint density at radius 3 is 2.62 bits per heavy atom. The van der Waals surface area contributed by atoms with Gasteiger partial charge in [-0.1, -0.05) is 55.3 Å². The van der Waals surface area contributed by atoms with Crippen LogP contribution in [0.2, 0.25) is 5.02 Å². The molecule has 0 aliphatic carbocycles. The lowest BCUT2D eigenvalue weighted by atomic mass is 10.2. The Labute approximate surface area is 168 Å². The van der Waals surface area contributed by atoms with E-state index in [4.69, 9.17) is 21.1 Å². The minimum atomic E-state index is 0. The lowest BCUT2D eigenvalue weighted by Crippen LogP contribution is -2.16. The summed E-state index contributed by atoms with van der Waals surface area (Å²) in [6.07, 6.45) is 3.37. The van der Waals surface area contributed by atoms with E-state index in [9.17, 15) is 0 Å². The van der Waals surface area contributed by atoms with Crippen molar-refractivity contribution in [3.05, 3.63) is 64.7 Å². The number of hydrogen-bond donors (Lipinski definition) is 1. The third kappa shape index (κ3) is 8.91. The first kappa shape index (κ1) is 22.8. The highest BCUT2D eigenvalue weighted by Gasteiger charge is 2.01. The molecular weight excluding hydrogens is 369 g/mol. The maximum Gasteiger partial charge on any atom is 0.120 e. The average Bonchev–Trinajstić information content (AvgIpc) is 2.64. The predicted octanol–water partition coefficient (Wildman–Crippen LogP) is 5.64. The molecule has 0 aliphatic rings. The van der Waals surface area contributed by atoms with E-state index in [2.05, 4.69) is 24.4 Å². The van der Waals surface area contributed by atoms with Gasteiger partial charge >= 0.3 is 0 Å². The van der Waals surface area contributed by atoms with Crippen LogP contribution in [-0.4, -0.2) is 19.8 Å². The van der Waals surface area contributed by atoms with Crippen LogP contribution in [0.5, 0.6) is 5.75 Å². The van der Waals surface area contributed by atoms with Gasteiger partial charge in [-0.25, -0.2) is 0 Å². The van der Waals surface area contributed by atoms with Crippen molar-refractivity contribution < 1.29 is 9.47 Å². The largest absolute Gasteiger partial charge is 0.489 e. The second-order valence-electron chi connectivity index (χ2n) is 6.02. The second-order valence-corrected chi connectivity index (χ2v) is 6.43. The number of hydrogen-bond acceptors (Lipinski definition) is 3. The molecule has 144 valence electrons. The summed E-state index contributed by atoms with van der Waals surface area (Å²) in [5, 5.41) is 4.18. The van der Waals surface area contributed by atoms with Crippen molar-refractivity contribution in [2.45, 2.75) is 39.3 Å². The molecule has 0 radical (unpaired) electrons. The normalized spacial score (nSPS) is 10.4. The Bertz CT molecular complexity index is 622. The quantitative estimate of drug-likeness (QED) is 0.470. The molecular formula is C21H29Cl2NO2. The molecule has 0 amide bonds. The van der Waals surface area contributed by atoms with Gasteiger partial charge in [0.15, 0.2) is 0 Å². The molecule has 26 heavy (non-hydrogen) atoms. The molecule has 2 aromatic carbocycles. The zero-order chi connectivity index (χ0) is 17.7. The minimum Gasteiger partial charge on any atom is -0.489 e. The summed E-state index contributed by atoms with van der Waals surface area (Å²) in [4.78, 5) is 0. The first-order valence-corrected chi connectivity index (χ1v) is 9.41. The van der Waals surface area contributed by atoms with Crippen molar-refractivity contribution in [2.24, 2.45) is 0 Å². The zero-order valence-electron chi connectivity index (χ0n) is 15.4. The van der Waals surface area contributed by atoms with E-state index in [1.807, 2.05) is 36.4 Å². The molecule has 3 nitrogen and oxygen atoms in total. The van der Waals surface area contributed by atoms with Crippen LogP contribution < -0.4 is 10.1 Å². The van der Waals surface area contributed by atoms with Gasteiger partial charge in [-0.3, -0.25) is 0 Å². The fourth-order valence-electron chi connectivity index (χ4n) is 2.40. The van der Waals surface area contributed by atoms with Gasteiger partial charge in [0.05, 0.1) is 0 Å². The number of nitrogens with one attached hydrogen (secondary N) is 1. The summed E-state index contributed by atoms with van der Waals surface area (Å²) < 4.78 is 11.4. The van der Waals surface area contributed by atoms with Crippen LogP contribution in [0.25, 0.3) is 0 Å². The van der Waals surface area contributed by atoms with Crippen molar-refractivity contribution in [1.82, 2.24) is 5.32 Å². The average molecular weight is 398 g/mol. The Kier molecular flexibility index (Phi) is 12.2. The molecule has 2 rings (SSSR count). The number of rotatable bonds is 12. The molecule has 2 aromatic rings.